The zero-order chi connectivity index (χ0) is 13.9. The molecule has 0 radical (unpaired) electrons. The van der Waals surface area contributed by atoms with E-state index in [1.807, 2.05) is 30.1 Å². The minimum absolute atomic E-state index is 0.0520. The first-order valence-corrected chi connectivity index (χ1v) is 6.86. The molecule has 0 saturated heterocycles. The Labute approximate surface area is 114 Å². The second-order valence-electron chi connectivity index (χ2n) is 5.26. The molecule has 0 aliphatic heterocycles. The Kier molecular flexibility index (Phi) is 4.22. The number of ketones is 1. The maximum atomic E-state index is 11.9. The highest BCUT2D eigenvalue weighted by molar-refractivity contribution is 5.97. The van der Waals surface area contributed by atoms with E-state index in [1.54, 1.807) is 6.07 Å². The first-order valence-electron chi connectivity index (χ1n) is 6.86. The van der Waals surface area contributed by atoms with Crippen LogP contribution in [0.5, 0.6) is 0 Å². The molecule has 1 aromatic rings. The lowest BCUT2D eigenvalue weighted by Crippen LogP contribution is -2.44. The van der Waals surface area contributed by atoms with Gasteiger partial charge >= 0.3 is 0 Å². The van der Waals surface area contributed by atoms with E-state index in [1.165, 1.54) is 0 Å². The molecule has 1 aliphatic rings. The number of Topliss-reactive ketones (excluding diaryl/α,β-unsaturated/α-hetero) is 1. The van der Waals surface area contributed by atoms with Crippen LogP contribution in [-0.2, 0) is 0 Å². The van der Waals surface area contributed by atoms with Crippen molar-refractivity contribution in [3.8, 4) is 0 Å². The number of benzene rings is 1. The van der Waals surface area contributed by atoms with Gasteiger partial charge in [-0.15, -0.1) is 0 Å². The maximum Gasteiger partial charge on any atom is 0.164 e. The van der Waals surface area contributed by atoms with Crippen LogP contribution in [-0.4, -0.2) is 30.2 Å². The van der Waals surface area contributed by atoms with Crippen molar-refractivity contribution in [3.63, 3.8) is 0 Å². The zero-order valence-corrected chi connectivity index (χ0v) is 11.4. The van der Waals surface area contributed by atoms with Gasteiger partial charge in [-0.1, -0.05) is 12.1 Å². The van der Waals surface area contributed by atoms with E-state index < -0.39 is 5.72 Å². The first kappa shape index (κ1) is 14.0. The molecule has 4 nitrogen and oxygen atoms in total. The standard InChI is InChI=1S/C15H22N2O2/c1-17(15(19)8-2-3-9-15)13-6-4-5-12(11-13)14(18)7-10-16/h4-6,11,19H,2-3,7-10,16H2,1H3. The van der Waals surface area contributed by atoms with E-state index in [2.05, 4.69) is 0 Å². The summed E-state index contributed by atoms with van der Waals surface area (Å²) in [5, 5.41) is 10.6. The van der Waals surface area contributed by atoms with Gasteiger partial charge in [-0.2, -0.15) is 0 Å². The Morgan fingerprint density at radius 2 is 2.11 bits per heavy atom. The topological polar surface area (TPSA) is 66.6 Å². The molecular formula is C15H22N2O2. The quantitative estimate of drug-likeness (QED) is 0.628. The molecule has 3 N–H and O–H groups in total. The summed E-state index contributed by atoms with van der Waals surface area (Å²) in [6.07, 6.45) is 4.02. The van der Waals surface area contributed by atoms with Crippen molar-refractivity contribution in [2.45, 2.75) is 37.8 Å². The molecule has 1 aliphatic carbocycles. The van der Waals surface area contributed by atoms with Crippen molar-refractivity contribution in [2.24, 2.45) is 5.73 Å². The van der Waals surface area contributed by atoms with Gasteiger partial charge in [0.15, 0.2) is 5.78 Å². The lowest BCUT2D eigenvalue weighted by atomic mass is 10.1. The van der Waals surface area contributed by atoms with Gasteiger partial charge in [0, 0.05) is 24.7 Å². The summed E-state index contributed by atoms with van der Waals surface area (Å²) in [5.41, 5.74) is 6.19. The summed E-state index contributed by atoms with van der Waals surface area (Å²) in [6.45, 7) is 0.364. The van der Waals surface area contributed by atoms with E-state index in [-0.39, 0.29) is 5.78 Å². The van der Waals surface area contributed by atoms with Crippen LogP contribution in [0.15, 0.2) is 24.3 Å². The molecule has 0 bridgehead atoms. The third-order valence-corrected chi connectivity index (χ3v) is 3.96. The summed E-state index contributed by atoms with van der Waals surface area (Å²) in [6, 6.07) is 7.42. The van der Waals surface area contributed by atoms with Crippen molar-refractivity contribution in [1.29, 1.82) is 0 Å². The van der Waals surface area contributed by atoms with Gasteiger partial charge in [0.05, 0.1) is 0 Å². The van der Waals surface area contributed by atoms with Gasteiger partial charge in [0.1, 0.15) is 5.72 Å². The van der Waals surface area contributed by atoms with E-state index >= 15 is 0 Å². The summed E-state index contributed by atoms with van der Waals surface area (Å²) >= 11 is 0. The molecule has 0 aromatic heterocycles. The minimum atomic E-state index is -0.768. The molecule has 1 saturated carbocycles. The Morgan fingerprint density at radius 1 is 1.42 bits per heavy atom. The minimum Gasteiger partial charge on any atom is -0.371 e. The van der Waals surface area contributed by atoms with Crippen molar-refractivity contribution < 1.29 is 9.90 Å². The number of nitrogens with zero attached hydrogens (tertiary/aromatic N) is 1. The highest BCUT2D eigenvalue weighted by atomic mass is 16.3. The maximum absolute atomic E-state index is 11.9. The number of rotatable bonds is 5. The smallest absolute Gasteiger partial charge is 0.164 e. The van der Waals surface area contributed by atoms with Gasteiger partial charge < -0.3 is 15.7 Å². The molecule has 104 valence electrons. The molecule has 0 spiro atoms. The van der Waals surface area contributed by atoms with E-state index in [4.69, 9.17) is 5.73 Å². The van der Waals surface area contributed by atoms with Crippen molar-refractivity contribution in [1.82, 2.24) is 0 Å². The van der Waals surface area contributed by atoms with Crippen LogP contribution < -0.4 is 10.6 Å². The number of carbonyl (C=O) groups is 1. The van der Waals surface area contributed by atoms with Crippen LogP contribution in [0.4, 0.5) is 5.69 Å². The molecule has 0 amide bonds. The fraction of sp³-hybridized carbons (Fsp3) is 0.533. The highest BCUT2D eigenvalue weighted by Crippen LogP contribution is 2.35. The molecule has 1 aromatic carbocycles. The zero-order valence-electron chi connectivity index (χ0n) is 11.4. The van der Waals surface area contributed by atoms with Crippen molar-refractivity contribution in [2.75, 3.05) is 18.5 Å². The fourth-order valence-electron chi connectivity index (χ4n) is 2.68. The van der Waals surface area contributed by atoms with E-state index in [9.17, 15) is 9.90 Å². The number of carbonyl (C=O) groups excluding carboxylic acids is 1. The number of nitrogens with two attached hydrogens (primary N) is 1. The Bertz CT molecular complexity index is 453. The third kappa shape index (κ3) is 2.96. The molecule has 19 heavy (non-hydrogen) atoms. The third-order valence-electron chi connectivity index (χ3n) is 3.96. The first-order chi connectivity index (χ1) is 9.07. The normalized spacial score (nSPS) is 17.4. The molecule has 0 unspecified atom stereocenters. The molecule has 0 heterocycles. The SMILES string of the molecule is CN(c1cccc(C(=O)CCN)c1)C1(O)CCCC1. The predicted octanol–water partition coefficient (Wildman–Crippen LogP) is 1.92. The number of aliphatic hydroxyl groups is 1. The van der Waals surface area contributed by atoms with Crippen LogP contribution in [0.25, 0.3) is 0 Å². The average molecular weight is 262 g/mol. The molecule has 2 rings (SSSR count). The Balaban J connectivity index is 2.20. The summed E-state index contributed by atoms with van der Waals surface area (Å²) in [7, 11) is 1.89. The second-order valence-corrected chi connectivity index (χ2v) is 5.26. The van der Waals surface area contributed by atoms with E-state index in [0.29, 0.717) is 18.5 Å². The fourth-order valence-corrected chi connectivity index (χ4v) is 2.68. The van der Waals surface area contributed by atoms with E-state index in [0.717, 1.165) is 31.4 Å². The Hall–Kier alpha value is -1.39. The largest absolute Gasteiger partial charge is 0.371 e. The summed E-state index contributed by atoms with van der Waals surface area (Å²) < 4.78 is 0. The van der Waals surface area contributed by atoms with Gasteiger partial charge in [0.25, 0.3) is 0 Å². The lowest BCUT2D eigenvalue weighted by Gasteiger charge is -2.35. The summed E-state index contributed by atoms with van der Waals surface area (Å²) in [5.74, 6) is 0.0520. The molecule has 1 fully saturated rings. The van der Waals surface area contributed by atoms with Gasteiger partial charge in [-0.3, -0.25) is 4.79 Å². The van der Waals surface area contributed by atoms with Crippen LogP contribution in [0.2, 0.25) is 0 Å². The van der Waals surface area contributed by atoms with Gasteiger partial charge in [-0.25, -0.2) is 0 Å². The van der Waals surface area contributed by atoms with Crippen LogP contribution in [0, 0.1) is 0 Å². The van der Waals surface area contributed by atoms with Gasteiger partial charge in [-0.05, 0) is 44.4 Å². The number of hydrogen-bond donors (Lipinski definition) is 2. The monoisotopic (exact) mass is 262 g/mol. The molecular weight excluding hydrogens is 240 g/mol. The Morgan fingerprint density at radius 3 is 2.74 bits per heavy atom. The molecule has 0 atom stereocenters. The number of hydrogen-bond acceptors (Lipinski definition) is 4. The average Bonchev–Trinajstić information content (AvgIpc) is 2.86. The highest BCUT2D eigenvalue weighted by Gasteiger charge is 2.35. The molecule has 4 heteroatoms. The second kappa shape index (κ2) is 5.72. The van der Waals surface area contributed by atoms with Crippen LogP contribution in [0.3, 0.4) is 0 Å². The van der Waals surface area contributed by atoms with Gasteiger partial charge in [0.2, 0.25) is 0 Å². The predicted molar refractivity (Wildman–Crippen MR) is 76.3 cm³/mol. The van der Waals surface area contributed by atoms with Crippen LogP contribution >= 0.6 is 0 Å². The van der Waals surface area contributed by atoms with Crippen molar-refractivity contribution in [3.05, 3.63) is 29.8 Å². The number of anilines is 1. The lowest BCUT2D eigenvalue weighted by molar-refractivity contribution is 0.0489. The van der Waals surface area contributed by atoms with Crippen LogP contribution in [0.1, 0.15) is 42.5 Å². The van der Waals surface area contributed by atoms with Crippen molar-refractivity contribution >= 4 is 11.5 Å². The summed E-state index contributed by atoms with van der Waals surface area (Å²) in [4.78, 5) is 13.7.